The first-order valence-electron chi connectivity index (χ1n) is 6.36. The molecule has 0 spiro atoms. The molecule has 0 aliphatic carbocycles. The minimum atomic E-state index is -2.98. The van der Waals surface area contributed by atoms with E-state index in [0.717, 1.165) is 0 Å². The standard InChI is InChI=1S/C15H12ClF2NO3S/c1-23(21)11-5-2-9(3-6-11)14(20)19-10-4-7-13(12(16)8-10)22-15(17)18/h2-8,15H,1H3,(H,19,20)/t23-/m1/s1. The predicted octanol–water partition coefficient (Wildman–Crippen LogP) is 3.93. The average Bonchev–Trinajstić information content (AvgIpc) is 2.49. The highest BCUT2D eigenvalue weighted by molar-refractivity contribution is 7.84. The van der Waals surface area contributed by atoms with Crippen molar-refractivity contribution in [3.05, 3.63) is 53.1 Å². The summed E-state index contributed by atoms with van der Waals surface area (Å²) >= 11 is 5.82. The Morgan fingerprint density at radius 1 is 1.22 bits per heavy atom. The van der Waals surface area contributed by atoms with Crippen molar-refractivity contribution in [3.8, 4) is 5.75 Å². The number of rotatable bonds is 5. The monoisotopic (exact) mass is 359 g/mol. The maximum Gasteiger partial charge on any atom is 0.387 e. The van der Waals surface area contributed by atoms with Crippen LogP contribution >= 0.6 is 11.6 Å². The molecule has 0 aromatic heterocycles. The number of halogens is 3. The van der Waals surface area contributed by atoms with Gasteiger partial charge in [0.25, 0.3) is 5.91 Å². The van der Waals surface area contributed by atoms with Gasteiger partial charge in [-0.15, -0.1) is 0 Å². The van der Waals surface area contributed by atoms with Crippen molar-refractivity contribution in [2.24, 2.45) is 0 Å². The quantitative estimate of drug-likeness (QED) is 0.880. The van der Waals surface area contributed by atoms with Crippen LogP contribution in [0.25, 0.3) is 0 Å². The lowest BCUT2D eigenvalue weighted by molar-refractivity contribution is -0.0497. The van der Waals surface area contributed by atoms with Crippen molar-refractivity contribution < 1.29 is 22.5 Å². The van der Waals surface area contributed by atoms with E-state index in [2.05, 4.69) is 10.1 Å². The molecule has 2 rings (SSSR count). The lowest BCUT2D eigenvalue weighted by Crippen LogP contribution is -2.12. The Kier molecular flexibility index (Phi) is 5.68. The zero-order valence-corrected chi connectivity index (χ0v) is 13.5. The van der Waals surface area contributed by atoms with Gasteiger partial charge in [0.2, 0.25) is 0 Å². The second-order valence-electron chi connectivity index (χ2n) is 4.46. The number of ether oxygens (including phenoxy) is 1. The number of nitrogens with one attached hydrogen (secondary N) is 1. The van der Waals surface area contributed by atoms with Gasteiger partial charge in [-0.1, -0.05) is 11.6 Å². The van der Waals surface area contributed by atoms with Crippen LogP contribution < -0.4 is 10.1 Å². The molecule has 0 radical (unpaired) electrons. The molecule has 0 fully saturated rings. The van der Waals surface area contributed by atoms with Crippen LogP contribution in [0.15, 0.2) is 47.4 Å². The summed E-state index contributed by atoms with van der Waals surface area (Å²) in [5.74, 6) is -0.577. The minimum absolute atomic E-state index is 0.0418. The van der Waals surface area contributed by atoms with Crippen LogP contribution in [0.4, 0.5) is 14.5 Å². The third-order valence-corrected chi connectivity index (χ3v) is 4.09. The number of hydrogen-bond acceptors (Lipinski definition) is 3. The van der Waals surface area contributed by atoms with Crippen molar-refractivity contribution in [1.29, 1.82) is 0 Å². The molecule has 122 valence electrons. The van der Waals surface area contributed by atoms with Crippen molar-refractivity contribution in [2.75, 3.05) is 11.6 Å². The Hall–Kier alpha value is -1.99. The van der Waals surface area contributed by atoms with Crippen LogP contribution in [-0.2, 0) is 10.8 Å². The molecule has 1 amide bonds. The van der Waals surface area contributed by atoms with Crippen LogP contribution in [0.1, 0.15) is 10.4 Å². The van der Waals surface area contributed by atoms with Gasteiger partial charge in [-0.05, 0) is 42.5 Å². The minimum Gasteiger partial charge on any atom is -0.433 e. The molecule has 0 heterocycles. The van der Waals surface area contributed by atoms with E-state index in [1.54, 1.807) is 30.5 Å². The zero-order chi connectivity index (χ0) is 17.0. The van der Waals surface area contributed by atoms with Gasteiger partial charge in [0.1, 0.15) is 5.75 Å². The van der Waals surface area contributed by atoms with Crippen LogP contribution in [0, 0.1) is 0 Å². The summed E-state index contributed by atoms with van der Waals surface area (Å²) in [5, 5.41) is 2.54. The largest absolute Gasteiger partial charge is 0.433 e. The molecule has 4 nitrogen and oxygen atoms in total. The van der Waals surface area contributed by atoms with Gasteiger partial charge in [-0.25, -0.2) is 0 Å². The van der Waals surface area contributed by atoms with E-state index in [1.807, 2.05) is 0 Å². The summed E-state index contributed by atoms with van der Waals surface area (Å²) < 4.78 is 39.8. The van der Waals surface area contributed by atoms with Crippen molar-refractivity contribution in [3.63, 3.8) is 0 Å². The first-order valence-corrected chi connectivity index (χ1v) is 8.29. The van der Waals surface area contributed by atoms with Gasteiger partial charge < -0.3 is 10.1 Å². The van der Waals surface area contributed by atoms with E-state index in [1.165, 1.54) is 18.2 Å². The average molecular weight is 360 g/mol. The summed E-state index contributed by atoms with van der Waals surface area (Å²) in [6, 6.07) is 10.2. The van der Waals surface area contributed by atoms with E-state index in [0.29, 0.717) is 16.1 Å². The third kappa shape index (κ3) is 4.74. The summed E-state index contributed by atoms with van der Waals surface area (Å²) in [7, 11) is -1.12. The Morgan fingerprint density at radius 2 is 1.87 bits per heavy atom. The van der Waals surface area contributed by atoms with E-state index in [-0.39, 0.29) is 10.8 Å². The second-order valence-corrected chi connectivity index (χ2v) is 6.24. The molecule has 0 saturated carbocycles. The number of carbonyl (C=O) groups excluding carboxylic acids is 1. The molecule has 0 aliphatic heterocycles. The Balaban J connectivity index is 2.10. The fourth-order valence-corrected chi connectivity index (χ4v) is 2.52. The predicted molar refractivity (Wildman–Crippen MR) is 84.8 cm³/mol. The van der Waals surface area contributed by atoms with Crippen LogP contribution in [0.5, 0.6) is 5.75 Å². The van der Waals surface area contributed by atoms with Crippen LogP contribution in [0.2, 0.25) is 5.02 Å². The van der Waals surface area contributed by atoms with Crippen molar-refractivity contribution >= 4 is 34.0 Å². The molecular formula is C15H12ClF2NO3S. The maximum atomic E-state index is 12.1. The molecule has 1 atom stereocenters. The summed E-state index contributed by atoms with van der Waals surface area (Å²) in [4.78, 5) is 12.7. The van der Waals surface area contributed by atoms with Crippen molar-refractivity contribution in [1.82, 2.24) is 0 Å². The number of alkyl halides is 2. The second kappa shape index (κ2) is 7.52. The molecule has 8 heteroatoms. The number of benzene rings is 2. The Labute approximate surface area is 138 Å². The molecule has 2 aromatic rings. The number of amides is 1. The fraction of sp³-hybridized carbons (Fsp3) is 0.133. The highest BCUT2D eigenvalue weighted by Crippen LogP contribution is 2.29. The molecular weight excluding hydrogens is 348 g/mol. The molecule has 0 bridgehead atoms. The fourth-order valence-electron chi connectivity index (χ4n) is 1.77. The van der Waals surface area contributed by atoms with Gasteiger partial charge >= 0.3 is 6.61 Å². The lowest BCUT2D eigenvalue weighted by Gasteiger charge is -2.10. The topological polar surface area (TPSA) is 55.4 Å². The number of anilines is 1. The van der Waals surface area contributed by atoms with Crippen molar-refractivity contribution in [2.45, 2.75) is 11.5 Å². The van der Waals surface area contributed by atoms with Gasteiger partial charge in [-0.2, -0.15) is 8.78 Å². The van der Waals surface area contributed by atoms with E-state index < -0.39 is 23.3 Å². The van der Waals surface area contributed by atoms with Crippen LogP contribution in [0.3, 0.4) is 0 Å². The highest BCUT2D eigenvalue weighted by atomic mass is 35.5. The normalized spacial score (nSPS) is 12.0. The SMILES string of the molecule is C[S@@](=O)c1ccc(C(=O)Nc2ccc(OC(F)F)c(Cl)c2)cc1. The van der Waals surface area contributed by atoms with Gasteiger partial charge in [-0.3, -0.25) is 9.00 Å². The molecule has 1 N–H and O–H groups in total. The molecule has 23 heavy (non-hydrogen) atoms. The summed E-state index contributed by atoms with van der Waals surface area (Å²) in [6.07, 6.45) is 1.54. The van der Waals surface area contributed by atoms with Gasteiger partial charge in [0.15, 0.2) is 0 Å². The Bertz CT molecular complexity index is 738. The first kappa shape index (κ1) is 17.4. The van der Waals surface area contributed by atoms with Gasteiger partial charge in [0.05, 0.1) is 5.02 Å². The number of carbonyl (C=O) groups is 1. The summed E-state index contributed by atoms with van der Waals surface area (Å²) in [5.41, 5.74) is 0.702. The highest BCUT2D eigenvalue weighted by Gasteiger charge is 2.11. The van der Waals surface area contributed by atoms with Gasteiger partial charge in [0, 0.05) is 33.2 Å². The smallest absolute Gasteiger partial charge is 0.387 e. The first-order chi connectivity index (χ1) is 10.9. The van der Waals surface area contributed by atoms with E-state index in [9.17, 15) is 17.8 Å². The maximum absolute atomic E-state index is 12.1. The van der Waals surface area contributed by atoms with E-state index >= 15 is 0 Å². The molecule has 0 aliphatic rings. The molecule has 2 aromatic carbocycles. The lowest BCUT2D eigenvalue weighted by atomic mass is 10.2. The van der Waals surface area contributed by atoms with E-state index in [4.69, 9.17) is 11.6 Å². The number of hydrogen-bond donors (Lipinski definition) is 1. The summed E-state index contributed by atoms with van der Waals surface area (Å²) in [6.45, 7) is -2.98. The zero-order valence-electron chi connectivity index (χ0n) is 11.9. The third-order valence-electron chi connectivity index (χ3n) is 2.85. The molecule has 0 saturated heterocycles. The Morgan fingerprint density at radius 3 is 2.39 bits per heavy atom. The van der Waals surface area contributed by atoms with Crippen LogP contribution in [-0.4, -0.2) is 23.0 Å². The molecule has 0 unspecified atom stereocenters.